The standard InChI is InChI=1S/C19H17NO3S/c1-13-11-16(19(23-12-13)14-7-3-2-4-8-14)18-15-9-5-6-10-17(15)24(21,22)20-18/h2-10,16,19H,1,11-12H2/t16-,19-/m1/s1. The van der Waals surface area contributed by atoms with Crippen LogP contribution in [0.15, 0.2) is 76.0 Å². The third kappa shape index (κ3) is 2.50. The van der Waals surface area contributed by atoms with Crippen molar-refractivity contribution in [3.05, 3.63) is 77.9 Å². The molecule has 0 aliphatic carbocycles. The molecule has 2 aromatic rings. The minimum Gasteiger partial charge on any atom is -0.368 e. The number of hydrogen-bond donors (Lipinski definition) is 0. The van der Waals surface area contributed by atoms with Gasteiger partial charge in [0.15, 0.2) is 0 Å². The fourth-order valence-electron chi connectivity index (χ4n) is 3.41. The van der Waals surface area contributed by atoms with Crippen LogP contribution < -0.4 is 0 Å². The lowest BCUT2D eigenvalue weighted by molar-refractivity contribution is 0.0210. The molecule has 0 saturated carbocycles. The third-order valence-electron chi connectivity index (χ3n) is 4.48. The van der Waals surface area contributed by atoms with Gasteiger partial charge in [0.05, 0.1) is 23.3 Å². The van der Waals surface area contributed by atoms with Gasteiger partial charge in [0, 0.05) is 11.5 Å². The van der Waals surface area contributed by atoms with E-state index in [9.17, 15) is 8.42 Å². The van der Waals surface area contributed by atoms with E-state index >= 15 is 0 Å². The second-order valence-corrected chi connectivity index (χ2v) is 7.72. The Morgan fingerprint density at radius 2 is 1.75 bits per heavy atom. The van der Waals surface area contributed by atoms with Gasteiger partial charge in [-0.3, -0.25) is 0 Å². The molecule has 0 aromatic heterocycles. The van der Waals surface area contributed by atoms with Crippen LogP contribution >= 0.6 is 0 Å². The van der Waals surface area contributed by atoms with Crippen molar-refractivity contribution in [1.82, 2.24) is 0 Å². The summed E-state index contributed by atoms with van der Waals surface area (Å²) in [5.41, 5.74) is 3.25. The van der Waals surface area contributed by atoms with Crippen LogP contribution in [0.5, 0.6) is 0 Å². The Morgan fingerprint density at radius 1 is 1.04 bits per heavy atom. The van der Waals surface area contributed by atoms with Crippen molar-refractivity contribution < 1.29 is 13.2 Å². The Morgan fingerprint density at radius 3 is 2.54 bits per heavy atom. The van der Waals surface area contributed by atoms with E-state index in [4.69, 9.17) is 4.74 Å². The van der Waals surface area contributed by atoms with Crippen LogP contribution in [0.2, 0.25) is 0 Å². The first-order valence-electron chi connectivity index (χ1n) is 7.84. The van der Waals surface area contributed by atoms with Crippen LogP contribution in [-0.4, -0.2) is 20.7 Å². The molecule has 1 saturated heterocycles. The van der Waals surface area contributed by atoms with Crippen LogP contribution in [0.25, 0.3) is 0 Å². The molecule has 122 valence electrons. The molecule has 0 N–H and O–H groups in total. The SMILES string of the molecule is C=C1CO[C@H](c2ccccc2)[C@@H](C2=NS(=O)(=O)c3ccccc32)C1. The molecule has 1 fully saturated rings. The zero-order valence-electron chi connectivity index (χ0n) is 13.1. The summed E-state index contributed by atoms with van der Waals surface area (Å²) in [5.74, 6) is -0.160. The molecule has 4 rings (SSSR count). The van der Waals surface area contributed by atoms with Gasteiger partial charge in [0.25, 0.3) is 10.0 Å². The molecular weight excluding hydrogens is 322 g/mol. The Labute approximate surface area is 141 Å². The summed E-state index contributed by atoms with van der Waals surface area (Å²) in [5, 5.41) is 0. The molecule has 24 heavy (non-hydrogen) atoms. The van der Waals surface area contributed by atoms with Gasteiger partial charge in [-0.05, 0) is 18.1 Å². The van der Waals surface area contributed by atoms with E-state index in [1.54, 1.807) is 12.1 Å². The largest absolute Gasteiger partial charge is 0.368 e. The Balaban J connectivity index is 1.82. The van der Waals surface area contributed by atoms with Gasteiger partial charge in [-0.15, -0.1) is 0 Å². The van der Waals surface area contributed by atoms with Gasteiger partial charge in [0.2, 0.25) is 0 Å². The van der Waals surface area contributed by atoms with Crippen molar-refractivity contribution in [2.24, 2.45) is 10.3 Å². The zero-order valence-corrected chi connectivity index (χ0v) is 13.9. The molecule has 2 aliphatic heterocycles. The number of nitrogens with zero attached hydrogens (tertiary/aromatic N) is 1. The molecular formula is C19H17NO3S. The van der Waals surface area contributed by atoms with Crippen molar-refractivity contribution in [3.63, 3.8) is 0 Å². The van der Waals surface area contributed by atoms with Gasteiger partial charge >= 0.3 is 0 Å². The monoisotopic (exact) mass is 339 g/mol. The topological polar surface area (TPSA) is 55.7 Å². The maximum atomic E-state index is 12.4. The molecule has 2 atom stereocenters. The van der Waals surface area contributed by atoms with Crippen molar-refractivity contribution in [1.29, 1.82) is 0 Å². The number of hydrogen-bond acceptors (Lipinski definition) is 3. The molecule has 0 spiro atoms. The molecule has 4 nitrogen and oxygen atoms in total. The first kappa shape index (κ1) is 15.3. The van der Waals surface area contributed by atoms with Gasteiger partial charge < -0.3 is 4.74 Å². The number of benzene rings is 2. The Bertz CT molecular complexity index is 932. The van der Waals surface area contributed by atoms with E-state index in [1.165, 1.54) is 0 Å². The van der Waals surface area contributed by atoms with E-state index in [-0.39, 0.29) is 16.9 Å². The molecule has 2 aromatic carbocycles. The predicted molar refractivity (Wildman–Crippen MR) is 92.5 cm³/mol. The number of rotatable bonds is 2. The fraction of sp³-hybridized carbons (Fsp3) is 0.211. The molecule has 0 bridgehead atoms. The molecule has 5 heteroatoms. The summed E-state index contributed by atoms with van der Waals surface area (Å²) in [6.45, 7) is 4.51. The lowest BCUT2D eigenvalue weighted by Gasteiger charge is -2.33. The summed E-state index contributed by atoms with van der Waals surface area (Å²) in [7, 11) is -3.62. The first-order chi connectivity index (χ1) is 11.6. The molecule has 2 aliphatic rings. The van der Waals surface area contributed by atoms with Gasteiger partial charge in [-0.2, -0.15) is 12.8 Å². The lowest BCUT2D eigenvalue weighted by Crippen LogP contribution is -2.30. The van der Waals surface area contributed by atoms with E-state index in [1.807, 2.05) is 42.5 Å². The number of sulfonamides is 1. The van der Waals surface area contributed by atoms with Crippen LogP contribution in [0.3, 0.4) is 0 Å². The number of ether oxygens (including phenoxy) is 1. The second kappa shape index (κ2) is 5.69. The van der Waals surface area contributed by atoms with E-state index in [0.717, 1.165) is 11.1 Å². The van der Waals surface area contributed by atoms with E-state index in [2.05, 4.69) is 11.0 Å². The molecule has 0 amide bonds. The van der Waals surface area contributed by atoms with Crippen molar-refractivity contribution in [3.8, 4) is 0 Å². The van der Waals surface area contributed by atoms with Crippen molar-refractivity contribution in [2.75, 3.05) is 6.61 Å². The maximum Gasteiger partial charge on any atom is 0.283 e. The van der Waals surface area contributed by atoms with Crippen LogP contribution in [0, 0.1) is 5.92 Å². The molecule has 0 unspecified atom stereocenters. The highest BCUT2D eigenvalue weighted by atomic mass is 32.2. The predicted octanol–water partition coefficient (Wildman–Crippen LogP) is 3.51. The summed E-state index contributed by atoms with van der Waals surface area (Å²) in [6, 6.07) is 16.9. The number of fused-ring (bicyclic) bond motifs is 1. The highest BCUT2D eigenvalue weighted by Gasteiger charge is 2.39. The minimum absolute atomic E-state index is 0.160. The normalized spacial score (nSPS) is 25.2. The average molecular weight is 339 g/mol. The highest BCUT2D eigenvalue weighted by Crippen LogP contribution is 2.41. The summed E-state index contributed by atoms with van der Waals surface area (Å²) in [6.07, 6.45) is 0.444. The smallest absolute Gasteiger partial charge is 0.283 e. The van der Waals surface area contributed by atoms with Crippen LogP contribution in [-0.2, 0) is 14.8 Å². The van der Waals surface area contributed by atoms with Crippen molar-refractivity contribution in [2.45, 2.75) is 17.4 Å². The highest BCUT2D eigenvalue weighted by molar-refractivity contribution is 7.90. The summed E-state index contributed by atoms with van der Waals surface area (Å²) >= 11 is 0. The van der Waals surface area contributed by atoms with Crippen LogP contribution in [0.1, 0.15) is 23.7 Å². The first-order valence-corrected chi connectivity index (χ1v) is 9.28. The lowest BCUT2D eigenvalue weighted by atomic mass is 9.82. The summed E-state index contributed by atoms with van der Waals surface area (Å²) in [4.78, 5) is 0.281. The van der Waals surface area contributed by atoms with Crippen LogP contribution in [0.4, 0.5) is 0 Å². The zero-order chi connectivity index (χ0) is 16.7. The Hall–Kier alpha value is -2.24. The van der Waals surface area contributed by atoms with E-state index < -0.39 is 10.0 Å². The van der Waals surface area contributed by atoms with Gasteiger partial charge in [0.1, 0.15) is 0 Å². The quantitative estimate of drug-likeness (QED) is 0.787. The minimum atomic E-state index is -3.62. The molecule has 2 heterocycles. The van der Waals surface area contributed by atoms with Gasteiger partial charge in [-0.25, -0.2) is 0 Å². The maximum absolute atomic E-state index is 12.4. The van der Waals surface area contributed by atoms with Gasteiger partial charge in [-0.1, -0.05) is 60.7 Å². The molecule has 0 radical (unpaired) electrons. The Kier molecular flexibility index (Phi) is 3.62. The fourth-order valence-corrected chi connectivity index (χ4v) is 4.70. The average Bonchev–Trinajstić information content (AvgIpc) is 2.87. The summed E-state index contributed by atoms with van der Waals surface area (Å²) < 4.78 is 34.9. The third-order valence-corrected chi connectivity index (χ3v) is 5.83. The van der Waals surface area contributed by atoms with Crippen molar-refractivity contribution >= 4 is 15.7 Å². The second-order valence-electron chi connectivity index (χ2n) is 6.15. The van der Waals surface area contributed by atoms with E-state index in [0.29, 0.717) is 24.3 Å².